The molecular weight excluding hydrogens is 164 g/mol. The molecule has 0 bridgehead atoms. The van der Waals surface area contributed by atoms with Gasteiger partial charge in [0.25, 0.3) is 0 Å². The third-order valence-corrected chi connectivity index (χ3v) is 2.96. The highest BCUT2D eigenvalue weighted by atomic mass is 16.2. The van der Waals surface area contributed by atoms with Crippen molar-refractivity contribution in [1.29, 1.82) is 0 Å². The van der Waals surface area contributed by atoms with E-state index in [0.29, 0.717) is 5.92 Å². The van der Waals surface area contributed by atoms with Gasteiger partial charge in [-0.15, -0.1) is 0 Å². The lowest BCUT2D eigenvalue weighted by Crippen LogP contribution is -2.45. The van der Waals surface area contributed by atoms with Crippen molar-refractivity contribution in [1.82, 2.24) is 4.90 Å². The van der Waals surface area contributed by atoms with E-state index in [9.17, 15) is 4.79 Å². The zero-order valence-corrected chi connectivity index (χ0v) is 8.62. The van der Waals surface area contributed by atoms with E-state index in [0.717, 1.165) is 32.4 Å². The highest BCUT2D eigenvalue weighted by Gasteiger charge is 2.26. The smallest absolute Gasteiger partial charge is 0.239 e. The van der Waals surface area contributed by atoms with Crippen LogP contribution in [0.25, 0.3) is 0 Å². The molecule has 3 nitrogen and oxygen atoms in total. The van der Waals surface area contributed by atoms with Crippen LogP contribution in [0.3, 0.4) is 0 Å². The zero-order valence-electron chi connectivity index (χ0n) is 8.62. The van der Waals surface area contributed by atoms with Gasteiger partial charge in [-0.2, -0.15) is 0 Å². The van der Waals surface area contributed by atoms with Crippen molar-refractivity contribution in [2.45, 2.75) is 39.2 Å². The van der Waals surface area contributed by atoms with Crippen LogP contribution in [0.5, 0.6) is 0 Å². The van der Waals surface area contributed by atoms with Crippen LogP contribution < -0.4 is 5.73 Å². The molecule has 1 saturated heterocycles. The summed E-state index contributed by atoms with van der Waals surface area (Å²) >= 11 is 0. The monoisotopic (exact) mass is 184 g/mol. The maximum absolute atomic E-state index is 11.7. The Morgan fingerprint density at radius 3 is 2.46 bits per heavy atom. The first-order valence-corrected chi connectivity index (χ1v) is 5.21. The van der Waals surface area contributed by atoms with Crippen molar-refractivity contribution in [3.8, 4) is 0 Å². The zero-order chi connectivity index (χ0) is 9.84. The second kappa shape index (κ2) is 4.61. The van der Waals surface area contributed by atoms with Crippen LogP contribution in [0.2, 0.25) is 0 Å². The highest BCUT2D eigenvalue weighted by molar-refractivity contribution is 5.82. The van der Waals surface area contributed by atoms with E-state index in [-0.39, 0.29) is 11.9 Å². The van der Waals surface area contributed by atoms with Crippen LogP contribution >= 0.6 is 0 Å². The van der Waals surface area contributed by atoms with E-state index >= 15 is 0 Å². The topological polar surface area (TPSA) is 46.3 Å². The quantitative estimate of drug-likeness (QED) is 0.710. The Morgan fingerprint density at radius 1 is 1.46 bits per heavy atom. The standard InChI is InChI=1S/C10H20N2O/c1-3-8(2)9(11)10(13)12-6-4-5-7-12/h8-9H,3-7,11H2,1-2H3. The molecule has 2 unspecified atom stereocenters. The van der Waals surface area contributed by atoms with Gasteiger partial charge in [-0.05, 0) is 18.8 Å². The molecule has 0 spiro atoms. The molecule has 0 aliphatic carbocycles. The number of hydrogen-bond donors (Lipinski definition) is 1. The number of nitrogens with zero attached hydrogens (tertiary/aromatic N) is 1. The van der Waals surface area contributed by atoms with E-state index < -0.39 is 0 Å². The Morgan fingerprint density at radius 2 is 2.00 bits per heavy atom. The van der Waals surface area contributed by atoms with Crippen molar-refractivity contribution in [2.75, 3.05) is 13.1 Å². The number of likely N-dealkylation sites (tertiary alicyclic amines) is 1. The summed E-state index contributed by atoms with van der Waals surface area (Å²) in [5, 5.41) is 0. The average molecular weight is 184 g/mol. The Hall–Kier alpha value is -0.570. The van der Waals surface area contributed by atoms with E-state index in [4.69, 9.17) is 5.73 Å². The molecule has 1 aliphatic heterocycles. The first-order valence-electron chi connectivity index (χ1n) is 5.21. The summed E-state index contributed by atoms with van der Waals surface area (Å²) in [6.07, 6.45) is 3.25. The fraction of sp³-hybridized carbons (Fsp3) is 0.900. The molecule has 3 heteroatoms. The molecule has 76 valence electrons. The van der Waals surface area contributed by atoms with Crippen LogP contribution in [-0.2, 0) is 4.79 Å². The summed E-state index contributed by atoms with van der Waals surface area (Å²) in [4.78, 5) is 13.6. The van der Waals surface area contributed by atoms with E-state index in [1.54, 1.807) is 0 Å². The van der Waals surface area contributed by atoms with Gasteiger partial charge < -0.3 is 10.6 Å². The maximum Gasteiger partial charge on any atom is 0.239 e. The average Bonchev–Trinajstić information content (AvgIpc) is 2.67. The van der Waals surface area contributed by atoms with Crippen molar-refractivity contribution in [3.63, 3.8) is 0 Å². The molecule has 1 aliphatic rings. The Labute approximate surface area is 80.3 Å². The lowest BCUT2D eigenvalue weighted by atomic mass is 9.99. The molecule has 1 fully saturated rings. The normalized spacial score (nSPS) is 21.6. The lowest BCUT2D eigenvalue weighted by molar-refractivity contribution is -0.132. The Kier molecular flexibility index (Phi) is 3.72. The molecule has 0 radical (unpaired) electrons. The highest BCUT2D eigenvalue weighted by Crippen LogP contribution is 2.13. The van der Waals surface area contributed by atoms with Crippen LogP contribution in [0.1, 0.15) is 33.1 Å². The summed E-state index contributed by atoms with van der Waals surface area (Å²) in [6, 6.07) is -0.289. The van der Waals surface area contributed by atoms with Gasteiger partial charge in [0, 0.05) is 13.1 Å². The number of carbonyl (C=O) groups excluding carboxylic acids is 1. The number of amides is 1. The minimum Gasteiger partial charge on any atom is -0.341 e. The number of carbonyl (C=O) groups is 1. The molecule has 0 saturated carbocycles. The van der Waals surface area contributed by atoms with Gasteiger partial charge in [-0.1, -0.05) is 20.3 Å². The second-order valence-corrected chi connectivity index (χ2v) is 3.94. The minimum absolute atomic E-state index is 0.145. The Bertz CT molecular complexity index is 176. The molecule has 1 amide bonds. The first kappa shape index (κ1) is 10.5. The first-order chi connectivity index (χ1) is 6.16. The minimum atomic E-state index is -0.289. The third kappa shape index (κ3) is 2.44. The van der Waals surface area contributed by atoms with Gasteiger partial charge in [-0.3, -0.25) is 4.79 Å². The summed E-state index contributed by atoms with van der Waals surface area (Å²) < 4.78 is 0. The van der Waals surface area contributed by atoms with E-state index in [1.165, 1.54) is 0 Å². The lowest BCUT2D eigenvalue weighted by Gasteiger charge is -2.23. The number of hydrogen-bond acceptors (Lipinski definition) is 2. The molecule has 0 aromatic heterocycles. The van der Waals surface area contributed by atoms with Crippen molar-refractivity contribution >= 4 is 5.91 Å². The molecular formula is C10H20N2O. The maximum atomic E-state index is 11.7. The van der Waals surface area contributed by atoms with Crippen molar-refractivity contribution < 1.29 is 4.79 Å². The molecule has 0 aromatic carbocycles. The molecule has 2 N–H and O–H groups in total. The van der Waals surface area contributed by atoms with Crippen molar-refractivity contribution in [2.24, 2.45) is 11.7 Å². The van der Waals surface area contributed by atoms with Crippen LogP contribution in [0, 0.1) is 5.92 Å². The molecule has 0 aromatic rings. The van der Waals surface area contributed by atoms with Gasteiger partial charge in [-0.25, -0.2) is 0 Å². The fourth-order valence-electron chi connectivity index (χ4n) is 1.65. The van der Waals surface area contributed by atoms with Crippen molar-refractivity contribution in [3.05, 3.63) is 0 Å². The van der Waals surface area contributed by atoms with Crippen LogP contribution in [-0.4, -0.2) is 29.9 Å². The van der Waals surface area contributed by atoms with Gasteiger partial charge in [0.1, 0.15) is 0 Å². The largest absolute Gasteiger partial charge is 0.341 e. The SMILES string of the molecule is CCC(C)C(N)C(=O)N1CCCC1. The van der Waals surface area contributed by atoms with Gasteiger partial charge in [0.05, 0.1) is 6.04 Å². The molecule has 2 atom stereocenters. The third-order valence-electron chi connectivity index (χ3n) is 2.96. The number of nitrogens with two attached hydrogens (primary N) is 1. The van der Waals surface area contributed by atoms with Gasteiger partial charge in [0.15, 0.2) is 0 Å². The molecule has 1 rings (SSSR count). The summed E-state index contributed by atoms with van der Waals surface area (Å²) in [5.74, 6) is 0.444. The Balaban J connectivity index is 2.45. The summed E-state index contributed by atoms with van der Waals surface area (Å²) in [7, 11) is 0. The van der Waals surface area contributed by atoms with Crippen LogP contribution in [0.4, 0.5) is 0 Å². The summed E-state index contributed by atoms with van der Waals surface area (Å²) in [5.41, 5.74) is 5.86. The van der Waals surface area contributed by atoms with Gasteiger partial charge in [0.2, 0.25) is 5.91 Å². The van der Waals surface area contributed by atoms with Gasteiger partial charge >= 0.3 is 0 Å². The predicted molar refractivity (Wildman–Crippen MR) is 53.2 cm³/mol. The fourth-order valence-corrected chi connectivity index (χ4v) is 1.65. The van der Waals surface area contributed by atoms with E-state index in [1.807, 2.05) is 11.8 Å². The van der Waals surface area contributed by atoms with Crippen LogP contribution in [0.15, 0.2) is 0 Å². The second-order valence-electron chi connectivity index (χ2n) is 3.94. The van der Waals surface area contributed by atoms with E-state index in [2.05, 4.69) is 6.92 Å². The summed E-state index contributed by atoms with van der Waals surface area (Å²) in [6.45, 7) is 5.92. The predicted octanol–water partition coefficient (Wildman–Crippen LogP) is 0.982. The number of rotatable bonds is 3. The molecule has 1 heterocycles. The molecule has 13 heavy (non-hydrogen) atoms.